The summed E-state index contributed by atoms with van der Waals surface area (Å²) in [4.78, 5) is 13.9. The molecule has 0 spiro atoms. The molecule has 2 atom stereocenters. The third-order valence-electron chi connectivity index (χ3n) is 4.60. The van der Waals surface area contributed by atoms with Gasteiger partial charge < -0.3 is 9.64 Å². The van der Waals surface area contributed by atoms with Gasteiger partial charge in [-0.1, -0.05) is 12.1 Å². The van der Waals surface area contributed by atoms with Crippen LogP contribution in [0.4, 0.5) is 0 Å². The van der Waals surface area contributed by atoms with Crippen molar-refractivity contribution in [1.82, 2.24) is 4.90 Å². The van der Waals surface area contributed by atoms with E-state index in [0.29, 0.717) is 18.2 Å². The topological polar surface area (TPSA) is 29.5 Å². The lowest BCUT2D eigenvalue weighted by Gasteiger charge is -2.36. The van der Waals surface area contributed by atoms with Gasteiger partial charge in [0, 0.05) is 17.6 Å². The molecule has 0 amide bonds. The normalized spacial score (nSPS) is 30.3. The number of hydrogen-bond donors (Lipinski definition) is 0. The second-order valence-electron chi connectivity index (χ2n) is 5.85. The molecule has 2 fully saturated rings. The number of ether oxygens (including phenoxy) is 1. The Morgan fingerprint density at radius 2 is 1.95 bits per heavy atom. The maximum Gasteiger partial charge on any atom is 0.159 e. The molecule has 19 heavy (non-hydrogen) atoms. The molecule has 2 heterocycles. The van der Waals surface area contributed by atoms with Gasteiger partial charge in [0.2, 0.25) is 0 Å². The van der Waals surface area contributed by atoms with E-state index in [9.17, 15) is 4.79 Å². The summed E-state index contributed by atoms with van der Waals surface area (Å²) < 4.78 is 6.10. The number of hydrogen-bond acceptors (Lipinski definition) is 3. The number of carbonyl (C=O) groups is 1. The zero-order chi connectivity index (χ0) is 13.4. The Balaban J connectivity index is 1.69. The summed E-state index contributed by atoms with van der Waals surface area (Å²) in [5.74, 6) is 0.926. The Hall–Kier alpha value is -1.35. The summed E-state index contributed by atoms with van der Waals surface area (Å²) in [6.07, 6.45) is 5.12. The molecule has 2 saturated heterocycles. The molecule has 0 aromatic heterocycles. The molecule has 0 saturated carbocycles. The van der Waals surface area contributed by atoms with Gasteiger partial charge in [-0.15, -0.1) is 0 Å². The smallest absolute Gasteiger partial charge is 0.159 e. The zero-order valence-electron chi connectivity index (χ0n) is 11.6. The van der Waals surface area contributed by atoms with E-state index < -0.39 is 0 Å². The highest BCUT2D eigenvalue weighted by molar-refractivity contribution is 5.94. The van der Waals surface area contributed by atoms with E-state index in [0.717, 1.165) is 24.2 Å². The van der Waals surface area contributed by atoms with E-state index in [-0.39, 0.29) is 5.78 Å². The van der Waals surface area contributed by atoms with Crippen LogP contribution in [0.15, 0.2) is 24.3 Å². The van der Waals surface area contributed by atoms with Crippen molar-refractivity contribution in [3.8, 4) is 5.75 Å². The predicted molar refractivity (Wildman–Crippen MR) is 74.7 cm³/mol. The van der Waals surface area contributed by atoms with Gasteiger partial charge in [0.05, 0.1) is 0 Å². The Bertz CT molecular complexity index is 471. The largest absolute Gasteiger partial charge is 0.490 e. The highest BCUT2D eigenvalue weighted by Crippen LogP contribution is 2.35. The SMILES string of the molecule is CC(=O)c1cccc(OC2CC3CCC(C2)N3C)c1. The minimum Gasteiger partial charge on any atom is -0.490 e. The number of piperidine rings is 1. The first-order chi connectivity index (χ1) is 9.13. The third-order valence-corrected chi connectivity index (χ3v) is 4.60. The first-order valence-electron chi connectivity index (χ1n) is 7.13. The van der Waals surface area contributed by atoms with E-state index in [4.69, 9.17) is 4.74 Å². The van der Waals surface area contributed by atoms with E-state index in [1.54, 1.807) is 6.92 Å². The van der Waals surface area contributed by atoms with Crippen LogP contribution in [-0.2, 0) is 0 Å². The monoisotopic (exact) mass is 259 g/mol. The standard InChI is InChI=1S/C16H21NO2/c1-11(18)12-4-3-5-15(8-12)19-16-9-13-6-7-14(10-16)17(13)2/h3-5,8,13-14,16H,6-7,9-10H2,1-2H3. The van der Waals surface area contributed by atoms with Crippen molar-refractivity contribution in [2.75, 3.05) is 7.05 Å². The Kier molecular flexibility index (Phi) is 3.31. The maximum absolute atomic E-state index is 11.4. The second-order valence-corrected chi connectivity index (χ2v) is 5.85. The molecule has 2 unspecified atom stereocenters. The first kappa shape index (κ1) is 12.7. The molecule has 102 valence electrons. The molecule has 0 N–H and O–H groups in total. The molecule has 3 rings (SSSR count). The Morgan fingerprint density at radius 1 is 1.26 bits per heavy atom. The molecule has 2 aliphatic heterocycles. The first-order valence-corrected chi connectivity index (χ1v) is 7.13. The van der Waals surface area contributed by atoms with Crippen molar-refractivity contribution < 1.29 is 9.53 Å². The van der Waals surface area contributed by atoms with Crippen LogP contribution < -0.4 is 4.74 Å². The highest BCUT2D eigenvalue weighted by Gasteiger charge is 2.39. The quantitative estimate of drug-likeness (QED) is 0.782. The summed E-state index contributed by atoms with van der Waals surface area (Å²) in [5.41, 5.74) is 0.730. The maximum atomic E-state index is 11.4. The lowest BCUT2D eigenvalue weighted by molar-refractivity contribution is 0.0660. The number of benzene rings is 1. The van der Waals surface area contributed by atoms with E-state index in [1.165, 1.54) is 12.8 Å². The fraction of sp³-hybridized carbons (Fsp3) is 0.562. The summed E-state index contributed by atoms with van der Waals surface area (Å²) in [6.45, 7) is 1.59. The molecule has 3 heteroatoms. The number of fused-ring (bicyclic) bond motifs is 2. The second kappa shape index (κ2) is 4.97. The predicted octanol–water partition coefficient (Wildman–Crippen LogP) is 2.89. The molecular weight excluding hydrogens is 238 g/mol. The average molecular weight is 259 g/mol. The van der Waals surface area contributed by atoms with Gasteiger partial charge in [-0.25, -0.2) is 0 Å². The van der Waals surface area contributed by atoms with E-state index in [1.807, 2.05) is 24.3 Å². The molecule has 1 aromatic carbocycles. The minimum atomic E-state index is 0.0916. The van der Waals surface area contributed by atoms with Crippen molar-refractivity contribution in [3.05, 3.63) is 29.8 Å². The van der Waals surface area contributed by atoms with E-state index in [2.05, 4.69) is 11.9 Å². The third kappa shape index (κ3) is 2.52. The number of rotatable bonds is 3. The highest BCUT2D eigenvalue weighted by atomic mass is 16.5. The fourth-order valence-electron chi connectivity index (χ4n) is 3.44. The van der Waals surface area contributed by atoms with Gasteiger partial charge in [-0.05, 0) is 51.8 Å². The van der Waals surface area contributed by atoms with Crippen LogP contribution in [0.3, 0.4) is 0 Å². The van der Waals surface area contributed by atoms with Gasteiger partial charge in [0.1, 0.15) is 11.9 Å². The van der Waals surface area contributed by atoms with Gasteiger partial charge in [0.25, 0.3) is 0 Å². The van der Waals surface area contributed by atoms with Crippen LogP contribution in [0.2, 0.25) is 0 Å². The summed E-state index contributed by atoms with van der Waals surface area (Å²) in [6, 6.07) is 8.91. The van der Waals surface area contributed by atoms with Crippen LogP contribution in [-0.4, -0.2) is 35.9 Å². The summed E-state index contributed by atoms with van der Waals surface area (Å²) in [5, 5.41) is 0. The molecule has 0 radical (unpaired) electrons. The lowest BCUT2D eigenvalue weighted by atomic mass is 10.0. The number of carbonyl (C=O) groups excluding carboxylic acids is 1. The van der Waals surface area contributed by atoms with Gasteiger partial charge >= 0.3 is 0 Å². The molecular formula is C16H21NO2. The average Bonchev–Trinajstić information content (AvgIpc) is 2.63. The van der Waals surface area contributed by atoms with E-state index >= 15 is 0 Å². The Labute approximate surface area is 114 Å². The van der Waals surface area contributed by atoms with Crippen LogP contribution >= 0.6 is 0 Å². The number of ketones is 1. The van der Waals surface area contributed by atoms with Crippen molar-refractivity contribution in [2.24, 2.45) is 0 Å². The summed E-state index contributed by atoms with van der Waals surface area (Å²) >= 11 is 0. The molecule has 2 bridgehead atoms. The van der Waals surface area contributed by atoms with Gasteiger partial charge in [-0.3, -0.25) is 4.79 Å². The van der Waals surface area contributed by atoms with Crippen LogP contribution in [0.1, 0.15) is 43.0 Å². The van der Waals surface area contributed by atoms with Crippen molar-refractivity contribution >= 4 is 5.78 Å². The van der Waals surface area contributed by atoms with Crippen LogP contribution in [0, 0.1) is 0 Å². The molecule has 0 aliphatic carbocycles. The van der Waals surface area contributed by atoms with Crippen molar-refractivity contribution in [2.45, 2.75) is 50.8 Å². The van der Waals surface area contributed by atoms with Gasteiger partial charge in [0.15, 0.2) is 5.78 Å². The van der Waals surface area contributed by atoms with Crippen LogP contribution in [0.25, 0.3) is 0 Å². The van der Waals surface area contributed by atoms with Gasteiger partial charge in [-0.2, -0.15) is 0 Å². The molecule has 3 nitrogen and oxygen atoms in total. The lowest BCUT2D eigenvalue weighted by Crippen LogP contribution is -2.43. The number of Topliss-reactive ketones (excluding diaryl/α,β-unsaturated/α-hetero) is 1. The Morgan fingerprint density at radius 3 is 2.58 bits per heavy atom. The fourth-order valence-corrected chi connectivity index (χ4v) is 3.44. The van der Waals surface area contributed by atoms with Crippen LogP contribution in [0.5, 0.6) is 5.75 Å². The summed E-state index contributed by atoms with van der Waals surface area (Å²) in [7, 11) is 2.23. The zero-order valence-corrected chi connectivity index (χ0v) is 11.6. The van der Waals surface area contributed by atoms with Crippen molar-refractivity contribution in [3.63, 3.8) is 0 Å². The number of nitrogens with zero attached hydrogens (tertiary/aromatic N) is 1. The van der Waals surface area contributed by atoms with Crippen molar-refractivity contribution in [1.29, 1.82) is 0 Å². The molecule has 1 aromatic rings. The molecule has 2 aliphatic rings. The minimum absolute atomic E-state index is 0.0916.